The minimum atomic E-state index is -0.804. The van der Waals surface area contributed by atoms with Gasteiger partial charge in [0.2, 0.25) is 17.7 Å². The highest BCUT2D eigenvalue weighted by Gasteiger charge is 2.49. The normalized spacial score (nSPS) is 21.3. The van der Waals surface area contributed by atoms with Crippen molar-refractivity contribution in [2.75, 3.05) is 69.6 Å². The topological polar surface area (TPSA) is 148 Å². The molecular weight excluding hydrogens is 926 g/mol. The number of carbonyl (C=O) groups is 4. The zero-order valence-electron chi connectivity index (χ0n) is 41.4. The summed E-state index contributed by atoms with van der Waals surface area (Å²) in [6, 6.07) is 12.8. The molecule has 0 radical (unpaired) electrons. The molecule has 3 aromatic heterocycles. The number of aryl methyl sites for hydroxylation is 1. The van der Waals surface area contributed by atoms with Crippen LogP contribution in [-0.4, -0.2) is 129 Å². The highest BCUT2D eigenvalue weighted by atomic mass is 19.1. The molecule has 0 bridgehead atoms. The van der Waals surface area contributed by atoms with E-state index in [4.69, 9.17) is 0 Å². The van der Waals surface area contributed by atoms with Crippen molar-refractivity contribution >= 4 is 51.6 Å². The van der Waals surface area contributed by atoms with Crippen molar-refractivity contribution in [2.24, 2.45) is 13.0 Å². The van der Waals surface area contributed by atoms with Crippen LogP contribution in [0.5, 0.6) is 0 Å². The average molecular weight is 987 g/mol. The number of anilines is 2. The number of carbonyl (C=O) groups excluding carboxylic acids is 4. The van der Waals surface area contributed by atoms with Crippen LogP contribution in [0.3, 0.4) is 0 Å². The Kier molecular flexibility index (Phi) is 13.2. The van der Waals surface area contributed by atoms with Crippen molar-refractivity contribution in [3.05, 3.63) is 123 Å². The van der Waals surface area contributed by atoms with Gasteiger partial charge in [-0.05, 0) is 99.4 Å². The monoisotopic (exact) mass is 986 g/mol. The first-order valence-electron chi connectivity index (χ1n) is 25.0. The van der Waals surface area contributed by atoms with Crippen LogP contribution in [0.2, 0.25) is 0 Å². The van der Waals surface area contributed by atoms with Gasteiger partial charge >= 0.3 is 0 Å². The van der Waals surface area contributed by atoms with E-state index >= 15 is 8.78 Å². The maximum absolute atomic E-state index is 15.8. The lowest BCUT2D eigenvalue weighted by molar-refractivity contribution is -0.136. The third-order valence-corrected chi connectivity index (χ3v) is 15.7. The van der Waals surface area contributed by atoms with Gasteiger partial charge in [-0.1, -0.05) is 18.2 Å². The second kappa shape index (κ2) is 19.4. The predicted octanol–water partition coefficient (Wildman–Crippen LogP) is 5.96. The van der Waals surface area contributed by atoms with Crippen LogP contribution >= 0.6 is 0 Å². The molecule has 18 heteroatoms. The molecular formula is C54H61F3N10O5. The van der Waals surface area contributed by atoms with E-state index < -0.39 is 34.8 Å². The quantitative estimate of drug-likeness (QED) is 0.152. The third kappa shape index (κ3) is 9.12. The summed E-state index contributed by atoms with van der Waals surface area (Å²) in [6.45, 7) is 12.8. The van der Waals surface area contributed by atoms with E-state index in [1.54, 1.807) is 29.1 Å². The first kappa shape index (κ1) is 49.0. The largest absolute Gasteiger partial charge is 0.386 e. The second-order valence-corrected chi connectivity index (χ2v) is 20.7. The lowest BCUT2D eigenvalue weighted by Gasteiger charge is -2.42. The van der Waals surface area contributed by atoms with Gasteiger partial charge in [-0.25, -0.2) is 18.2 Å². The molecule has 5 aromatic rings. The lowest BCUT2D eigenvalue weighted by Crippen LogP contribution is -2.55. The summed E-state index contributed by atoms with van der Waals surface area (Å²) in [6.07, 6.45) is 7.07. The van der Waals surface area contributed by atoms with Crippen molar-refractivity contribution in [2.45, 2.75) is 83.5 Å². The number of fused-ring (bicyclic) bond motifs is 2. The molecule has 3 fully saturated rings. The van der Waals surface area contributed by atoms with Gasteiger partial charge in [0.05, 0.1) is 23.0 Å². The number of amides is 4. The number of pyridine rings is 2. The van der Waals surface area contributed by atoms with Gasteiger partial charge in [0.1, 0.15) is 23.3 Å². The standard InChI is InChI=1S/C54H61F3N10O5/c1-32-27-63(28-34-6-7-45-39(22-34)54(2,3)53(72)67(45)46-8-9-47(68)60-51(46)70)20-21-65(32)29-33-11-18-64(19-12-33)52(71)36-23-40(55)49(41(56)24-36)35-13-16-62(17-14-35)30-37-25-38-44(10-15-59-50(38)61(37)5)66-31-42(57)43(58-4)26-48(66)69/h6-7,10,13,15,22-26,31-33,46,58H,8-9,11-12,14,16-21,27-30H2,1-5H3,(H,60,68,70)/t32-,46-/m0/s1. The fraction of sp³-hybridized carbons (Fsp3) is 0.444. The number of hydrogen-bond donors (Lipinski definition) is 2. The second-order valence-electron chi connectivity index (χ2n) is 20.7. The fourth-order valence-electron chi connectivity index (χ4n) is 11.6. The van der Waals surface area contributed by atoms with E-state index in [0.29, 0.717) is 79.8 Å². The van der Waals surface area contributed by atoms with Crippen LogP contribution in [0.15, 0.2) is 71.8 Å². The number of nitrogens with one attached hydrogen (secondary N) is 2. The average Bonchev–Trinajstić information content (AvgIpc) is 3.77. The van der Waals surface area contributed by atoms with Crippen LogP contribution in [0.1, 0.15) is 85.6 Å². The van der Waals surface area contributed by atoms with Crippen LogP contribution < -0.4 is 21.1 Å². The molecule has 0 saturated carbocycles. The van der Waals surface area contributed by atoms with Gasteiger partial charge in [0.25, 0.3) is 11.5 Å². The minimum Gasteiger partial charge on any atom is -0.386 e. The minimum absolute atomic E-state index is 0.00637. The molecule has 3 saturated heterocycles. The first-order valence-corrected chi connectivity index (χ1v) is 25.0. The van der Waals surface area contributed by atoms with Crippen molar-refractivity contribution in [3.63, 3.8) is 0 Å². The molecule has 2 atom stereocenters. The van der Waals surface area contributed by atoms with Gasteiger partial charge in [-0.15, -0.1) is 0 Å². The summed E-state index contributed by atoms with van der Waals surface area (Å²) in [5, 5.41) is 5.77. The number of benzene rings is 2. The molecule has 0 unspecified atom stereocenters. The SMILES string of the molecule is CNc1cc(=O)n(-c2ccnc3c2cc(CN2CC=C(c4c(F)cc(C(=O)N5CCC(CN6CCN(Cc7ccc8c(c7)C(C)(C)C(=O)N8[C@H]7CCC(=O)NC7=O)C[C@@H]6C)CC5)cc4F)CC2)n3C)cc1F. The molecule has 5 aliphatic rings. The molecule has 10 rings (SSSR count). The molecule has 378 valence electrons. The Balaban J connectivity index is 0.710. The molecule has 15 nitrogen and oxygen atoms in total. The van der Waals surface area contributed by atoms with Crippen LogP contribution in [0.4, 0.5) is 24.5 Å². The van der Waals surface area contributed by atoms with E-state index in [-0.39, 0.29) is 46.5 Å². The van der Waals surface area contributed by atoms with Crippen molar-refractivity contribution in [1.82, 2.24) is 39.0 Å². The Hall–Kier alpha value is -6.63. The highest BCUT2D eigenvalue weighted by molar-refractivity contribution is 6.13. The van der Waals surface area contributed by atoms with Gasteiger partial charge in [-0.2, -0.15) is 0 Å². The number of imide groups is 1. The number of rotatable bonds is 11. The highest BCUT2D eigenvalue weighted by Crippen LogP contribution is 2.44. The number of aromatic nitrogens is 3. The Labute approximate surface area is 416 Å². The summed E-state index contributed by atoms with van der Waals surface area (Å²) in [7, 11) is 3.43. The molecule has 0 spiro atoms. The van der Waals surface area contributed by atoms with Crippen LogP contribution in [-0.2, 0) is 39.9 Å². The van der Waals surface area contributed by atoms with Crippen molar-refractivity contribution in [1.29, 1.82) is 0 Å². The number of nitrogens with zero attached hydrogens (tertiary/aromatic N) is 8. The van der Waals surface area contributed by atoms with Gasteiger partial charge in [-0.3, -0.25) is 53.5 Å². The lowest BCUT2D eigenvalue weighted by atomic mass is 9.85. The molecule has 5 aliphatic heterocycles. The van der Waals surface area contributed by atoms with E-state index in [2.05, 4.69) is 43.3 Å². The molecule has 2 aromatic carbocycles. The molecule has 4 amide bonds. The smallest absolute Gasteiger partial charge is 0.257 e. The summed E-state index contributed by atoms with van der Waals surface area (Å²) < 4.78 is 49.6. The predicted molar refractivity (Wildman–Crippen MR) is 268 cm³/mol. The van der Waals surface area contributed by atoms with Gasteiger partial charge in [0, 0.05) is 132 Å². The Bertz CT molecular complexity index is 3080. The van der Waals surface area contributed by atoms with E-state index in [0.717, 1.165) is 74.3 Å². The fourth-order valence-corrected chi connectivity index (χ4v) is 11.6. The molecule has 72 heavy (non-hydrogen) atoms. The van der Waals surface area contributed by atoms with Gasteiger partial charge in [0.15, 0.2) is 5.82 Å². The Morgan fingerprint density at radius 1 is 0.861 bits per heavy atom. The first-order chi connectivity index (χ1) is 34.5. The third-order valence-electron chi connectivity index (χ3n) is 15.7. The Morgan fingerprint density at radius 2 is 1.62 bits per heavy atom. The van der Waals surface area contributed by atoms with Gasteiger partial charge < -0.3 is 14.8 Å². The number of likely N-dealkylation sites (tertiary alicyclic amines) is 1. The van der Waals surface area contributed by atoms with Crippen molar-refractivity contribution in [3.8, 4) is 5.69 Å². The number of piperidine rings is 2. The van der Waals surface area contributed by atoms with E-state index in [1.165, 1.54) is 22.8 Å². The summed E-state index contributed by atoms with van der Waals surface area (Å²) in [4.78, 5) is 79.8. The maximum Gasteiger partial charge on any atom is 0.257 e. The number of halogens is 3. The molecule has 0 aliphatic carbocycles. The van der Waals surface area contributed by atoms with Crippen molar-refractivity contribution < 1.29 is 32.3 Å². The summed E-state index contributed by atoms with van der Waals surface area (Å²) >= 11 is 0. The number of hydrogen-bond acceptors (Lipinski definition) is 10. The number of piperazine rings is 1. The van der Waals surface area contributed by atoms with Crippen LogP contribution in [0.25, 0.3) is 22.3 Å². The Morgan fingerprint density at radius 3 is 2.32 bits per heavy atom. The zero-order valence-corrected chi connectivity index (χ0v) is 41.4. The summed E-state index contributed by atoms with van der Waals surface area (Å²) in [5.74, 6) is -2.94. The van der Waals surface area contributed by atoms with Crippen LogP contribution in [0, 0.1) is 23.4 Å². The zero-order chi connectivity index (χ0) is 50.7. The molecule has 8 heterocycles. The van der Waals surface area contributed by atoms with E-state index in [9.17, 15) is 28.4 Å². The van der Waals surface area contributed by atoms with E-state index in [1.807, 2.05) is 49.7 Å². The maximum atomic E-state index is 15.8. The molecule has 2 N–H and O–H groups in total. The summed E-state index contributed by atoms with van der Waals surface area (Å²) in [5.41, 5.74) is 4.12.